The molecule has 1 aromatic heterocycles. The van der Waals surface area contributed by atoms with Crippen LogP contribution in [0, 0.1) is 6.92 Å². The maximum atomic E-state index is 12.0. The maximum absolute atomic E-state index is 12.0. The first-order chi connectivity index (χ1) is 9.27. The highest BCUT2D eigenvalue weighted by Gasteiger charge is 2.12. The zero-order valence-electron chi connectivity index (χ0n) is 11.0. The van der Waals surface area contributed by atoms with E-state index in [0.717, 1.165) is 0 Å². The van der Waals surface area contributed by atoms with Crippen LogP contribution in [-0.2, 0) is 17.1 Å². The van der Waals surface area contributed by atoms with Crippen molar-refractivity contribution in [3.8, 4) is 0 Å². The molecule has 7 nitrogen and oxygen atoms in total. The molecule has 0 bridgehead atoms. The molecule has 8 heteroatoms. The van der Waals surface area contributed by atoms with Crippen LogP contribution in [-0.4, -0.2) is 24.1 Å². The van der Waals surface area contributed by atoms with Gasteiger partial charge in [0.2, 0.25) is 10.0 Å². The van der Waals surface area contributed by atoms with Gasteiger partial charge in [0.05, 0.1) is 16.7 Å². The molecule has 0 aliphatic rings. The fourth-order valence-electron chi connectivity index (χ4n) is 1.69. The van der Waals surface area contributed by atoms with Crippen molar-refractivity contribution >= 4 is 21.6 Å². The Hall–Kier alpha value is -2.19. The molecule has 0 aliphatic heterocycles. The van der Waals surface area contributed by atoms with Crippen LogP contribution in [0.2, 0.25) is 0 Å². The molecule has 20 heavy (non-hydrogen) atoms. The summed E-state index contributed by atoms with van der Waals surface area (Å²) < 4.78 is 24.0. The van der Waals surface area contributed by atoms with E-state index in [4.69, 9.17) is 5.14 Å². The minimum atomic E-state index is -3.75. The van der Waals surface area contributed by atoms with E-state index in [2.05, 4.69) is 10.4 Å². The molecule has 2 aromatic rings. The largest absolute Gasteiger partial charge is 0.322 e. The van der Waals surface area contributed by atoms with Crippen molar-refractivity contribution in [1.82, 2.24) is 9.78 Å². The third-order valence-corrected chi connectivity index (χ3v) is 3.65. The number of nitrogens with one attached hydrogen (secondary N) is 1. The third kappa shape index (κ3) is 3.03. The number of primary sulfonamides is 1. The molecule has 0 atom stereocenters. The number of sulfonamides is 1. The Bertz CT molecular complexity index is 765. The summed E-state index contributed by atoms with van der Waals surface area (Å²) in [5.41, 5.74) is 1.54. The number of carbonyl (C=O) groups excluding carboxylic acids is 1. The SMILES string of the molecule is Cc1cc(S(N)(=O)=O)ccc1NC(=O)c1cnn(C)c1. The Labute approximate surface area is 116 Å². The molecule has 0 spiro atoms. The summed E-state index contributed by atoms with van der Waals surface area (Å²) in [6.07, 6.45) is 3.03. The van der Waals surface area contributed by atoms with Crippen LogP contribution in [0.5, 0.6) is 0 Å². The number of rotatable bonds is 3. The highest BCUT2D eigenvalue weighted by Crippen LogP contribution is 2.19. The lowest BCUT2D eigenvalue weighted by atomic mass is 10.2. The molecular weight excluding hydrogens is 280 g/mol. The summed E-state index contributed by atoms with van der Waals surface area (Å²) >= 11 is 0. The lowest BCUT2D eigenvalue weighted by molar-refractivity contribution is 0.102. The lowest BCUT2D eigenvalue weighted by Gasteiger charge is -2.08. The van der Waals surface area contributed by atoms with Gasteiger partial charge in [0.25, 0.3) is 5.91 Å². The van der Waals surface area contributed by atoms with Gasteiger partial charge in [-0.1, -0.05) is 0 Å². The molecule has 0 saturated heterocycles. The molecule has 0 saturated carbocycles. The van der Waals surface area contributed by atoms with Crippen LogP contribution in [0.4, 0.5) is 5.69 Å². The van der Waals surface area contributed by atoms with Gasteiger partial charge in [-0.3, -0.25) is 9.48 Å². The number of aryl methyl sites for hydroxylation is 2. The first kappa shape index (κ1) is 14.2. The number of carbonyl (C=O) groups is 1. The number of hydrogen-bond acceptors (Lipinski definition) is 4. The number of benzene rings is 1. The minimum absolute atomic E-state index is 0.00868. The van der Waals surface area contributed by atoms with Crippen LogP contribution >= 0.6 is 0 Å². The van der Waals surface area contributed by atoms with Gasteiger partial charge in [-0.05, 0) is 30.7 Å². The Morgan fingerprint density at radius 2 is 2.10 bits per heavy atom. The standard InChI is InChI=1S/C12H14N4O3S/c1-8-5-10(20(13,18)19)3-4-11(8)15-12(17)9-6-14-16(2)7-9/h3-7H,1-2H3,(H,15,17)(H2,13,18,19). The number of nitrogens with two attached hydrogens (primary N) is 1. The number of nitrogens with zero attached hydrogens (tertiary/aromatic N) is 2. The van der Waals surface area contributed by atoms with E-state index >= 15 is 0 Å². The average Bonchev–Trinajstić information content (AvgIpc) is 2.77. The van der Waals surface area contributed by atoms with E-state index < -0.39 is 10.0 Å². The van der Waals surface area contributed by atoms with E-state index in [1.807, 2.05) is 0 Å². The van der Waals surface area contributed by atoms with Gasteiger partial charge in [-0.25, -0.2) is 13.6 Å². The summed E-state index contributed by atoms with van der Waals surface area (Å²) in [5, 5.41) is 11.6. The monoisotopic (exact) mass is 294 g/mol. The molecular formula is C12H14N4O3S. The summed E-state index contributed by atoms with van der Waals surface area (Å²) in [6, 6.07) is 4.26. The van der Waals surface area contributed by atoms with Gasteiger partial charge >= 0.3 is 0 Å². The zero-order valence-corrected chi connectivity index (χ0v) is 11.8. The number of hydrogen-bond donors (Lipinski definition) is 2. The summed E-state index contributed by atoms with van der Waals surface area (Å²) in [6.45, 7) is 1.69. The molecule has 0 fully saturated rings. The molecule has 1 aromatic carbocycles. The zero-order chi connectivity index (χ0) is 14.9. The lowest BCUT2D eigenvalue weighted by Crippen LogP contribution is -2.14. The second kappa shape index (κ2) is 5.06. The predicted molar refractivity (Wildman–Crippen MR) is 73.7 cm³/mol. The summed E-state index contributed by atoms with van der Waals surface area (Å²) in [4.78, 5) is 12.0. The van der Waals surface area contributed by atoms with Gasteiger partial charge in [-0.2, -0.15) is 5.10 Å². The smallest absolute Gasteiger partial charge is 0.258 e. The number of anilines is 1. The normalized spacial score (nSPS) is 11.3. The van der Waals surface area contributed by atoms with Crippen LogP contribution in [0.15, 0.2) is 35.5 Å². The second-order valence-electron chi connectivity index (χ2n) is 4.38. The highest BCUT2D eigenvalue weighted by molar-refractivity contribution is 7.89. The number of aromatic nitrogens is 2. The van der Waals surface area contributed by atoms with Gasteiger partial charge in [0.15, 0.2) is 0 Å². The van der Waals surface area contributed by atoms with Crippen LogP contribution < -0.4 is 10.5 Å². The van der Waals surface area contributed by atoms with Crippen LogP contribution in [0.1, 0.15) is 15.9 Å². The van der Waals surface area contributed by atoms with Gasteiger partial charge in [-0.15, -0.1) is 0 Å². The van der Waals surface area contributed by atoms with Gasteiger partial charge < -0.3 is 5.32 Å². The van der Waals surface area contributed by atoms with E-state index in [0.29, 0.717) is 16.8 Å². The molecule has 1 amide bonds. The van der Waals surface area contributed by atoms with Crippen molar-refractivity contribution in [3.05, 3.63) is 41.7 Å². The first-order valence-electron chi connectivity index (χ1n) is 5.71. The van der Waals surface area contributed by atoms with Crippen LogP contribution in [0.3, 0.4) is 0 Å². The Balaban J connectivity index is 2.25. The first-order valence-corrected chi connectivity index (χ1v) is 7.25. The Morgan fingerprint density at radius 3 is 2.60 bits per heavy atom. The minimum Gasteiger partial charge on any atom is -0.322 e. The Morgan fingerprint density at radius 1 is 1.40 bits per heavy atom. The van der Waals surface area contributed by atoms with Crippen molar-refractivity contribution < 1.29 is 13.2 Å². The molecule has 1 heterocycles. The fraction of sp³-hybridized carbons (Fsp3) is 0.167. The molecule has 106 valence electrons. The molecule has 0 aliphatic carbocycles. The van der Waals surface area contributed by atoms with Crippen molar-refractivity contribution in [3.63, 3.8) is 0 Å². The Kier molecular flexibility index (Phi) is 3.60. The topological polar surface area (TPSA) is 107 Å². The van der Waals surface area contributed by atoms with Crippen molar-refractivity contribution in [2.75, 3.05) is 5.32 Å². The predicted octanol–water partition coefficient (Wildman–Crippen LogP) is 0.628. The highest BCUT2D eigenvalue weighted by atomic mass is 32.2. The average molecular weight is 294 g/mol. The summed E-state index contributed by atoms with van der Waals surface area (Å²) in [5.74, 6) is -0.315. The second-order valence-corrected chi connectivity index (χ2v) is 5.94. The van der Waals surface area contributed by atoms with Crippen LogP contribution in [0.25, 0.3) is 0 Å². The quantitative estimate of drug-likeness (QED) is 0.865. The van der Waals surface area contributed by atoms with E-state index in [1.54, 1.807) is 20.2 Å². The third-order valence-electron chi connectivity index (χ3n) is 2.74. The molecule has 0 unspecified atom stereocenters. The molecule has 0 radical (unpaired) electrons. The maximum Gasteiger partial charge on any atom is 0.258 e. The molecule has 3 N–H and O–H groups in total. The van der Waals surface area contributed by atoms with E-state index in [9.17, 15) is 13.2 Å². The van der Waals surface area contributed by atoms with Crippen molar-refractivity contribution in [2.45, 2.75) is 11.8 Å². The van der Waals surface area contributed by atoms with E-state index in [-0.39, 0.29) is 10.8 Å². The van der Waals surface area contributed by atoms with Crippen molar-refractivity contribution in [1.29, 1.82) is 0 Å². The fourth-order valence-corrected chi connectivity index (χ4v) is 2.29. The van der Waals surface area contributed by atoms with Gasteiger partial charge in [0, 0.05) is 18.9 Å². The van der Waals surface area contributed by atoms with Gasteiger partial charge in [0.1, 0.15) is 0 Å². The van der Waals surface area contributed by atoms with E-state index in [1.165, 1.54) is 29.1 Å². The van der Waals surface area contributed by atoms with Crippen molar-refractivity contribution in [2.24, 2.45) is 12.2 Å². The number of amides is 1. The molecule has 2 rings (SSSR count). The summed E-state index contributed by atoms with van der Waals surface area (Å²) in [7, 11) is -2.03.